The Hall–Kier alpha value is -1.49. The second-order valence-corrected chi connectivity index (χ2v) is 5.59. The van der Waals surface area contributed by atoms with E-state index in [1.807, 2.05) is 6.07 Å². The maximum absolute atomic E-state index is 11.9. The molecular formula is C11H15N3O3S. The molecule has 98 valence electrons. The number of hydrogen-bond donors (Lipinski definition) is 2. The molecular weight excluding hydrogens is 254 g/mol. The van der Waals surface area contributed by atoms with Crippen LogP contribution in [0.25, 0.3) is 0 Å². The highest BCUT2D eigenvalue weighted by Crippen LogP contribution is 2.09. The molecule has 0 saturated carbocycles. The highest BCUT2D eigenvalue weighted by atomic mass is 32.2. The van der Waals surface area contributed by atoms with Gasteiger partial charge in [0.25, 0.3) is 0 Å². The minimum Gasteiger partial charge on any atom is -0.396 e. The second kappa shape index (κ2) is 6.44. The predicted octanol–water partition coefficient (Wildman–Crippen LogP) is 0.393. The Bertz CT molecular complexity index is 519. The molecule has 1 rings (SSSR count). The molecule has 0 radical (unpaired) electrons. The summed E-state index contributed by atoms with van der Waals surface area (Å²) in [6.45, 7) is 1.76. The van der Waals surface area contributed by atoms with Gasteiger partial charge in [-0.05, 0) is 31.9 Å². The topological polar surface area (TPSA) is 103 Å². The molecule has 0 fully saturated rings. The molecule has 18 heavy (non-hydrogen) atoms. The summed E-state index contributed by atoms with van der Waals surface area (Å²) in [7, 11) is -3.62. The number of aliphatic hydroxyl groups excluding tert-OH is 1. The van der Waals surface area contributed by atoms with Gasteiger partial charge in [0.05, 0.1) is 0 Å². The van der Waals surface area contributed by atoms with E-state index in [1.165, 1.54) is 12.1 Å². The molecule has 1 aromatic heterocycles. The lowest BCUT2D eigenvalue weighted by atomic mass is 10.2. The minimum atomic E-state index is -3.62. The Labute approximate surface area is 106 Å². The fourth-order valence-corrected chi connectivity index (χ4v) is 2.62. The molecule has 1 unspecified atom stereocenters. The Morgan fingerprint density at radius 1 is 1.56 bits per heavy atom. The summed E-state index contributed by atoms with van der Waals surface area (Å²) in [6.07, 6.45) is 2.24. The number of nitriles is 1. The van der Waals surface area contributed by atoms with E-state index in [-0.39, 0.29) is 23.2 Å². The SMILES string of the molecule is CC(CCCO)NS(=O)(=O)c1ccc(C#N)nc1. The average molecular weight is 269 g/mol. The van der Waals surface area contributed by atoms with Crippen LogP contribution in [0.3, 0.4) is 0 Å². The normalized spacial score (nSPS) is 12.9. The van der Waals surface area contributed by atoms with Crippen molar-refractivity contribution in [1.82, 2.24) is 9.71 Å². The quantitative estimate of drug-likeness (QED) is 0.777. The number of hydrogen-bond acceptors (Lipinski definition) is 5. The Morgan fingerprint density at radius 3 is 2.78 bits per heavy atom. The molecule has 0 bridgehead atoms. The Balaban J connectivity index is 2.76. The fraction of sp³-hybridized carbons (Fsp3) is 0.455. The second-order valence-electron chi connectivity index (χ2n) is 3.88. The molecule has 0 aliphatic heterocycles. The number of nitrogens with one attached hydrogen (secondary N) is 1. The molecule has 2 N–H and O–H groups in total. The number of aliphatic hydroxyl groups is 1. The third-order valence-electron chi connectivity index (χ3n) is 2.31. The monoisotopic (exact) mass is 269 g/mol. The van der Waals surface area contributed by atoms with E-state index >= 15 is 0 Å². The van der Waals surface area contributed by atoms with Crippen LogP contribution in [0.4, 0.5) is 0 Å². The van der Waals surface area contributed by atoms with E-state index in [1.54, 1.807) is 6.92 Å². The van der Waals surface area contributed by atoms with Crippen molar-refractivity contribution in [3.05, 3.63) is 24.0 Å². The number of aromatic nitrogens is 1. The highest BCUT2D eigenvalue weighted by molar-refractivity contribution is 7.89. The zero-order valence-electron chi connectivity index (χ0n) is 10.00. The van der Waals surface area contributed by atoms with E-state index in [9.17, 15) is 8.42 Å². The zero-order chi connectivity index (χ0) is 13.6. The number of pyridine rings is 1. The summed E-state index contributed by atoms with van der Waals surface area (Å²) in [5.41, 5.74) is 0.169. The first-order valence-corrected chi connectivity index (χ1v) is 6.97. The third-order valence-corrected chi connectivity index (χ3v) is 3.89. The maximum Gasteiger partial charge on any atom is 0.242 e. The van der Waals surface area contributed by atoms with E-state index in [0.29, 0.717) is 12.8 Å². The van der Waals surface area contributed by atoms with Gasteiger partial charge < -0.3 is 5.11 Å². The van der Waals surface area contributed by atoms with Crippen LogP contribution in [0.15, 0.2) is 23.2 Å². The first-order chi connectivity index (χ1) is 8.49. The van der Waals surface area contributed by atoms with E-state index in [0.717, 1.165) is 6.20 Å². The van der Waals surface area contributed by atoms with Crippen LogP contribution in [0, 0.1) is 11.3 Å². The third kappa shape index (κ3) is 4.07. The number of sulfonamides is 1. The maximum atomic E-state index is 11.9. The first kappa shape index (κ1) is 14.6. The number of rotatable bonds is 6. The summed E-state index contributed by atoms with van der Waals surface area (Å²) in [6, 6.07) is 4.25. The summed E-state index contributed by atoms with van der Waals surface area (Å²) >= 11 is 0. The van der Waals surface area contributed by atoms with Crippen LogP contribution in [0.1, 0.15) is 25.5 Å². The zero-order valence-corrected chi connectivity index (χ0v) is 10.8. The van der Waals surface area contributed by atoms with Gasteiger partial charge in [-0.3, -0.25) is 0 Å². The largest absolute Gasteiger partial charge is 0.396 e. The summed E-state index contributed by atoms with van der Waals surface area (Å²) in [5, 5.41) is 17.2. The van der Waals surface area contributed by atoms with Gasteiger partial charge in [0, 0.05) is 18.8 Å². The van der Waals surface area contributed by atoms with Gasteiger partial charge in [0.15, 0.2) is 0 Å². The van der Waals surface area contributed by atoms with Crippen molar-refractivity contribution in [2.75, 3.05) is 6.61 Å². The molecule has 6 nitrogen and oxygen atoms in total. The molecule has 0 aromatic carbocycles. The van der Waals surface area contributed by atoms with Gasteiger partial charge >= 0.3 is 0 Å². The summed E-state index contributed by atoms with van der Waals surface area (Å²) < 4.78 is 26.3. The average Bonchev–Trinajstić information content (AvgIpc) is 2.36. The molecule has 1 atom stereocenters. The van der Waals surface area contributed by atoms with E-state index in [2.05, 4.69) is 9.71 Å². The van der Waals surface area contributed by atoms with Crippen molar-refractivity contribution in [3.8, 4) is 6.07 Å². The molecule has 0 aliphatic rings. The lowest BCUT2D eigenvalue weighted by Gasteiger charge is -2.13. The van der Waals surface area contributed by atoms with Crippen LogP contribution >= 0.6 is 0 Å². The van der Waals surface area contributed by atoms with Crippen LogP contribution in [0.5, 0.6) is 0 Å². The molecule has 1 aromatic rings. The smallest absolute Gasteiger partial charge is 0.242 e. The lowest BCUT2D eigenvalue weighted by molar-refractivity contribution is 0.279. The Morgan fingerprint density at radius 2 is 2.28 bits per heavy atom. The van der Waals surface area contributed by atoms with Gasteiger partial charge in [-0.1, -0.05) is 0 Å². The van der Waals surface area contributed by atoms with E-state index < -0.39 is 10.0 Å². The molecule has 0 aliphatic carbocycles. The van der Waals surface area contributed by atoms with Crippen LogP contribution < -0.4 is 4.72 Å². The Kier molecular flexibility index (Phi) is 5.22. The van der Waals surface area contributed by atoms with Gasteiger partial charge in [-0.25, -0.2) is 18.1 Å². The standard InChI is InChI=1S/C11H15N3O3S/c1-9(3-2-6-15)14-18(16,17)11-5-4-10(7-12)13-8-11/h4-5,8-9,14-15H,2-3,6H2,1H3. The van der Waals surface area contributed by atoms with Crippen molar-refractivity contribution in [1.29, 1.82) is 5.26 Å². The predicted molar refractivity (Wildman–Crippen MR) is 65.1 cm³/mol. The summed E-state index contributed by atoms with van der Waals surface area (Å²) in [4.78, 5) is 3.74. The van der Waals surface area contributed by atoms with Gasteiger partial charge in [-0.15, -0.1) is 0 Å². The minimum absolute atomic E-state index is 0.0253. The number of nitrogens with zero attached hydrogens (tertiary/aromatic N) is 2. The molecule has 7 heteroatoms. The van der Waals surface area contributed by atoms with Crippen molar-refractivity contribution >= 4 is 10.0 Å². The first-order valence-electron chi connectivity index (χ1n) is 5.49. The van der Waals surface area contributed by atoms with Crippen LogP contribution in [-0.2, 0) is 10.0 Å². The van der Waals surface area contributed by atoms with Crippen LogP contribution in [0.2, 0.25) is 0 Å². The molecule has 0 spiro atoms. The van der Waals surface area contributed by atoms with Crippen molar-refractivity contribution in [2.45, 2.75) is 30.7 Å². The molecule has 0 saturated heterocycles. The summed E-state index contributed by atoms with van der Waals surface area (Å²) in [5.74, 6) is 0. The molecule has 0 amide bonds. The van der Waals surface area contributed by atoms with Crippen LogP contribution in [-0.4, -0.2) is 31.2 Å². The highest BCUT2D eigenvalue weighted by Gasteiger charge is 2.17. The van der Waals surface area contributed by atoms with Gasteiger partial charge in [0.2, 0.25) is 10.0 Å². The van der Waals surface area contributed by atoms with Gasteiger partial charge in [0.1, 0.15) is 16.7 Å². The lowest BCUT2D eigenvalue weighted by Crippen LogP contribution is -2.32. The fourth-order valence-electron chi connectivity index (χ4n) is 1.39. The van der Waals surface area contributed by atoms with Crippen molar-refractivity contribution in [2.24, 2.45) is 0 Å². The van der Waals surface area contributed by atoms with Crippen molar-refractivity contribution in [3.63, 3.8) is 0 Å². The van der Waals surface area contributed by atoms with E-state index in [4.69, 9.17) is 10.4 Å². The van der Waals surface area contributed by atoms with Gasteiger partial charge in [-0.2, -0.15) is 5.26 Å². The molecule has 1 heterocycles. The van der Waals surface area contributed by atoms with Crippen molar-refractivity contribution < 1.29 is 13.5 Å².